The molecule has 4 rings (SSSR count). The summed E-state index contributed by atoms with van der Waals surface area (Å²) in [5, 5.41) is 14.5. The Morgan fingerprint density at radius 1 is 1.23 bits per heavy atom. The molecule has 1 aromatic carbocycles. The predicted molar refractivity (Wildman–Crippen MR) is 115 cm³/mol. The first-order chi connectivity index (χ1) is 14.6. The van der Waals surface area contributed by atoms with E-state index in [0.717, 1.165) is 30.5 Å². The van der Waals surface area contributed by atoms with Crippen LogP contribution in [0.4, 0.5) is 0 Å². The summed E-state index contributed by atoms with van der Waals surface area (Å²) in [6.45, 7) is 1.94. The van der Waals surface area contributed by atoms with Gasteiger partial charge >= 0.3 is 0 Å². The fraction of sp³-hybridized carbons (Fsp3) is 0.417. The highest BCUT2D eigenvalue weighted by Crippen LogP contribution is 2.35. The molecular weight excluding hydrogens is 378 g/mol. The summed E-state index contributed by atoms with van der Waals surface area (Å²) in [5.74, 6) is 0.571. The van der Waals surface area contributed by atoms with Crippen LogP contribution in [-0.2, 0) is 16.9 Å². The molecule has 30 heavy (non-hydrogen) atoms. The van der Waals surface area contributed by atoms with Gasteiger partial charge in [-0.2, -0.15) is 0 Å². The van der Waals surface area contributed by atoms with Gasteiger partial charge in [0.15, 0.2) is 0 Å². The molecule has 1 saturated heterocycles. The van der Waals surface area contributed by atoms with Crippen molar-refractivity contribution in [2.75, 3.05) is 20.2 Å². The van der Waals surface area contributed by atoms with Crippen molar-refractivity contribution in [1.82, 2.24) is 15.2 Å². The maximum Gasteiger partial charge on any atom is 0.224 e. The summed E-state index contributed by atoms with van der Waals surface area (Å²) in [4.78, 5) is 19.4. The van der Waals surface area contributed by atoms with Crippen LogP contribution in [0.5, 0.6) is 5.88 Å². The molecule has 1 amide bonds. The number of benzene rings is 1. The Balaban J connectivity index is 1.50. The Morgan fingerprint density at radius 3 is 2.63 bits per heavy atom. The van der Waals surface area contributed by atoms with Gasteiger partial charge < -0.3 is 15.2 Å². The number of carbonyl (C=O) groups excluding carboxylic acids is 1. The van der Waals surface area contributed by atoms with Crippen LogP contribution in [0.1, 0.15) is 30.4 Å². The van der Waals surface area contributed by atoms with Crippen LogP contribution in [0.25, 0.3) is 0 Å². The smallest absolute Gasteiger partial charge is 0.224 e. The third-order valence-corrected chi connectivity index (χ3v) is 6.25. The molecule has 0 saturated carbocycles. The second-order valence-corrected chi connectivity index (χ2v) is 8.18. The number of likely N-dealkylation sites (tertiary alicyclic amines) is 1. The van der Waals surface area contributed by atoms with Gasteiger partial charge in [0.25, 0.3) is 0 Å². The molecular formula is C24H29N3O3. The van der Waals surface area contributed by atoms with Crippen molar-refractivity contribution in [2.24, 2.45) is 5.92 Å². The van der Waals surface area contributed by atoms with Gasteiger partial charge in [0, 0.05) is 37.8 Å². The number of aromatic nitrogens is 1. The molecule has 158 valence electrons. The van der Waals surface area contributed by atoms with Crippen LogP contribution in [0.3, 0.4) is 0 Å². The molecule has 2 N–H and O–H groups in total. The number of pyridine rings is 1. The first kappa shape index (κ1) is 20.6. The number of allylic oxidation sites excluding steroid dienone is 2. The number of methoxy groups -OCH3 is 1. The second-order valence-electron chi connectivity index (χ2n) is 8.18. The first-order valence-electron chi connectivity index (χ1n) is 10.5. The minimum absolute atomic E-state index is 0.0238. The summed E-state index contributed by atoms with van der Waals surface area (Å²) in [7, 11) is 1.60. The van der Waals surface area contributed by atoms with E-state index in [4.69, 9.17) is 4.74 Å². The summed E-state index contributed by atoms with van der Waals surface area (Å²) < 4.78 is 5.12. The minimum Gasteiger partial charge on any atom is -0.481 e. The van der Waals surface area contributed by atoms with Crippen LogP contribution >= 0.6 is 0 Å². The standard InChI is InChI=1S/C24H29N3O3/c1-30-22-12-11-18(15-25-22)16-27-14-13-24(21(28)17-27,20-9-3-2-4-10-20)26-23(29)19-7-5-6-8-19/h2-6,9-12,15,19,21,28H,7-8,13-14,16-17H2,1H3,(H,26,29)/t21-,24-/m1/s1. The lowest BCUT2D eigenvalue weighted by Crippen LogP contribution is -2.62. The summed E-state index contributed by atoms with van der Waals surface area (Å²) in [6.07, 6.45) is 7.39. The molecule has 0 unspecified atom stereocenters. The number of rotatable bonds is 6. The monoisotopic (exact) mass is 407 g/mol. The molecule has 2 atom stereocenters. The number of hydrogen-bond acceptors (Lipinski definition) is 5. The van der Waals surface area contributed by atoms with Crippen molar-refractivity contribution in [3.05, 3.63) is 71.9 Å². The van der Waals surface area contributed by atoms with E-state index in [0.29, 0.717) is 25.4 Å². The Bertz CT molecular complexity index is 876. The number of amides is 1. The van der Waals surface area contributed by atoms with Gasteiger partial charge in [0.2, 0.25) is 11.8 Å². The van der Waals surface area contributed by atoms with Gasteiger partial charge in [0.05, 0.1) is 18.8 Å². The molecule has 2 aromatic rings. The van der Waals surface area contributed by atoms with Gasteiger partial charge in [-0.25, -0.2) is 4.98 Å². The zero-order chi connectivity index (χ0) is 21.0. The number of hydrogen-bond donors (Lipinski definition) is 2. The molecule has 1 fully saturated rings. The van der Waals surface area contributed by atoms with Gasteiger partial charge in [-0.1, -0.05) is 48.6 Å². The highest BCUT2D eigenvalue weighted by Gasteiger charge is 2.45. The maximum atomic E-state index is 13.0. The fourth-order valence-corrected chi connectivity index (χ4v) is 4.46. The average molecular weight is 408 g/mol. The van der Waals surface area contributed by atoms with E-state index in [1.807, 2.05) is 42.5 Å². The lowest BCUT2D eigenvalue weighted by atomic mass is 9.78. The highest BCUT2D eigenvalue weighted by molar-refractivity contribution is 5.80. The van der Waals surface area contributed by atoms with Crippen LogP contribution in [0.2, 0.25) is 0 Å². The van der Waals surface area contributed by atoms with E-state index in [2.05, 4.69) is 27.4 Å². The minimum atomic E-state index is -0.768. The van der Waals surface area contributed by atoms with E-state index in [1.54, 1.807) is 13.3 Å². The molecule has 0 bridgehead atoms. The SMILES string of the molecule is COc1ccc(CN2CC[C@@](NC(=O)C3CC=CC3)(c3ccccc3)[C@H](O)C2)cn1. The molecule has 1 aliphatic heterocycles. The largest absolute Gasteiger partial charge is 0.481 e. The average Bonchev–Trinajstić information content (AvgIpc) is 3.32. The van der Waals surface area contributed by atoms with Crippen molar-refractivity contribution >= 4 is 5.91 Å². The van der Waals surface area contributed by atoms with Crippen LogP contribution < -0.4 is 10.1 Å². The molecule has 6 nitrogen and oxygen atoms in total. The van der Waals surface area contributed by atoms with Crippen molar-refractivity contribution in [3.63, 3.8) is 0 Å². The molecule has 0 spiro atoms. The number of ether oxygens (including phenoxy) is 1. The molecule has 6 heteroatoms. The number of aliphatic hydroxyl groups excluding tert-OH is 1. The molecule has 1 aliphatic carbocycles. The van der Waals surface area contributed by atoms with Crippen LogP contribution in [0, 0.1) is 5.92 Å². The number of aliphatic hydroxyl groups is 1. The van der Waals surface area contributed by atoms with E-state index < -0.39 is 11.6 Å². The first-order valence-corrected chi connectivity index (χ1v) is 10.5. The van der Waals surface area contributed by atoms with E-state index >= 15 is 0 Å². The summed E-state index contributed by atoms with van der Waals surface area (Å²) >= 11 is 0. The molecule has 0 radical (unpaired) electrons. The second kappa shape index (κ2) is 8.98. The third-order valence-electron chi connectivity index (χ3n) is 6.25. The lowest BCUT2D eigenvalue weighted by molar-refractivity contribution is -0.130. The van der Waals surface area contributed by atoms with E-state index in [1.165, 1.54) is 0 Å². The summed E-state index contributed by atoms with van der Waals surface area (Å²) in [5.41, 5.74) is 1.26. The van der Waals surface area contributed by atoms with E-state index in [9.17, 15) is 9.90 Å². The normalized spacial score (nSPS) is 24.7. The number of β-amino-alcohol motifs (C(OH)–C–C–N with tert-alkyl or cyclic N) is 1. The topological polar surface area (TPSA) is 74.7 Å². The zero-order valence-electron chi connectivity index (χ0n) is 17.3. The molecule has 2 aliphatic rings. The Labute approximate surface area is 177 Å². The van der Waals surface area contributed by atoms with Crippen molar-refractivity contribution in [2.45, 2.75) is 37.5 Å². The number of piperidine rings is 1. The van der Waals surface area contributed by atoms with Gasteiger partial charge in [-0.05, 0) is 30.4 Å². The number of nitrogens with zero attached hydrogens (tertiary/aromatic N) is 2. The van der Waals surface area contributed by atoms with Crippen LogP contribution in [-0.4, -0.2) is 47.2 Å². The number of carbonyl (C=O) groups is 1. The third kappa shape index (κ3) is 4.25. The number of nitrogens with one attached hydrogen (secondary N) is 1. The predicted octanol–water partition coefficient (Wildman–Crippen LogP) is 2.63. The van der Waals surface area contributed by atoms with Gasteiger partial charge in [0.1, 0.15) is 0 Å². The van der Waals surface area contributed by atoms with Gasteiger partial charge in [-0.3, -0.25) is 9.69 Å². The van der Waals surface area contributed by atoms with E-state index in [-0.39, 0.29) is 11.8 Å². The molecule has 2 heterocycles. The highest BCUT2D eigenvalue weighted by atomic mass is 16.5. The van der Waals surface area contributed by atoms with Crippen molar-refractivity contribution in [1.29, 1.82) is 0 Å². The summed E-state index contributed by atoms with van der Waals surface area (Å²) in [6, 6.07) is 13.7. The zero-order valence-corrected chi connectivity index (χ0v) is 17.3. The maximum absolute atomic E-state index is 13.0. The Kier molecular flexibility index (Phi) is 6.16. The molecule has 1 aromatic heterocycles. The van der Waals surface area contributed by atoms with Crippen molar-refractivity contribution in [3.8, 4) is 5.88 Å². The Morgan fingerprint density at radius 2 is 2.00 bits per heavy atom. The van der Waals surface area contributed by atoms with Crippen molar-refractivity contribution < 1.29 is 14.6 Å². The fourth-order valence-electron chi connectivity index (χ4n) is 4.46. The quantitative estimate of drug-likeness (QED) is 0.720. The Hall–Kier alpha value is -2.70. The van der Waals surface area contributed by atoms with Crippen LogP contribution in [0.15, 0.2) is 60.8 Å². The lowest BCUT2D eigenvalue weighted by Gasteiger charge is -2.46. The van der Waals surface area contributed by atoms with Gasteiger partial charge in [-0.15, -0.1) is 0 Å².